The number of ether oxygens (including phenoxy) is 2. The van der Waals surface area contributed by atoms with Crippen LogP contribution < -0.4 is 10.6 Å². The number of hydrogen-bond acceptors (Lipinski definition) is 7. The number of piperazine rings is 2. The van der Waals surface area contributed by atoms with E-state index in [1.807, 2.05) is 41.5 Å². The Morgan fingerprint density at radius 1 is 0.750 bits per heavy atom. The Balaban J connectivity index is 1.95. The summed E-state index contributed by atoms with van der Waals surface area (Å²) in [4.78, 5) is 40.7. The minimum atomic E-state index is -0.583. The minimum absolute atomic E-state index is 0.0680. The van der Waals surface area contributed by atoms with Gasteiger partial charge in [-0.15, -0.1) is 0 Å². The Morgan fingerprint density at radius 3 is 1.43 bits per heavy atom. The lowest BCUT2D eigenvalue weighted by Crippen LogP contribution is -2.63. The molecule has 2 saturated heterocycles. The third-order valence-corrected chi connectivity index (χ3v) is 4.34. The second-order valence-corrected chi connectivity index (χ2v) is 9.27. The number of ketones is 1. The summed E-state index contributed by atoms with van der Waals surface area (Å²) < 4.78 is 10.8. The third kappa shape index (κ3) is 6.63. The highest BCUT2D eigenvalue weighted by molar-refractivity contribution is 5.90. The average molecular weight is 399 g/mol. The Labute approximate surface area is 167 Å². The molecule has 2 heterocycles. The van der Waals surface area contributed by atoms with E-state index < -0.39 is 35.5 Å². The maximum Gasteiger partial charge on any atom is 0.410 e. The molecule has 0 bridgehead atoms. The maximum absolute atomic E-state index is 13.0. The molecule has 0 saturated carbocycles. The zero-order valence-electron chi connectivity index (χ0n) is 17.8. The van der Waals surface area contributed by atoms with E-state index in [0.29, 0.717) is 26.2 Å². The first-order chi connectivity index (χ1) is 12.9. The topological polar surface area (TPSA) is 100 Å². The van der Waals surface area contributed by atoms with Crippen molar-refractivity contribution < 1.29 is 23.9 Å². The molecule has 0 spiro atoms. The summed E-state index contributed by atoms with van der Waals surface area (Å²) in [5.74, 6) is -0.0680. The van der Waals surface area contributed by atoms with Crippen LogP contribution in [-0.4, -0.2) is 90.3 Å². The normalized spacial score (nSPS) is 23.9. The quantitative estimate of drug-likeness (QED) is 0.715. The molecule has 2 N–H and O–H groups in total. The van der Waals surface area contributed by atoms with Crippen molar-refractivity contribution in [1.29, 1.82) is 0 Å². The SMILES string of the molecule is CC(C)(C)OC(=O)N1CCNC(C(=O)C2CN(C(=O)OC(C)(C)C)CCN2)C1. The van der Waals surface area contributed by atoms with Gasteiger partial charge in [0.2, 0.25) is 0 Å². The highest BCUT2D eigenvalue weighted by Gasteiger charge is 2.37. The number of carbonyl (C=O) groups is 3. The van der Waals surface area contributed by atoms with Crippen molar-refractivity contribution in [2.24, 2.45) is 0 Å². The van der Waals surface area contributed by atoms with Crippen LogP contribution in [0.25, 0.3) is 0 Å². The van der Waals surface area contributed by atoms with Gasteiger partial charge >= 0.3 is 12.2 Å². The molecule has 2 atom stereocenters. The first-order valence-corrected chi connectivity index (χ1v) is 9.82. The molecule has 9 nitrogen and oxygen atoms in total. The van der Waals surface area contributed by atoms with Crippen LogP contribution in [0.5, 0.6) is 0 Å². The summed E-state index contributed by atoms with van der Waals surface area (Å²) in [6, 6.07) is -1.00. The van der Waals surface area contributed by atoms with E-state index in [1.165, 1.54) is 0 Å². The van der Waals surface area contributed by atoms with E-state index in [0.717, 1.165) is 0 Å². The Bertz CT molecular complexity index is 546. The number of hydrogen-bond donors (Lipinski definition) is 2. The van der Waals surface area contributed by atoms with Gasteiger partial charge in [0.1, 0.15) is 11.2 Å². The standard InChI is InChI=1S/C19H34N4O5/c1-18(2,3)27-16(25)22-9-7-20-13(11-22)15(24)14-12-23(10-8-21-14)17(26)28-19(4,5)6/h13-14,20-21H,7-12H2,1-6H3. The van der Waals surface area contributed by atoms with Gasteiger partial charge in [-0.05, 0) is 41.5 Å². The molecule has 0 aromatic heterocycles. The number of Topliss-reactive ketones (excluding diaryl/α,β-unsaturated/α-hetero) is 1. The minimum Gasteiger partial charge on any atom is -0.444 e. The van der Waals surface area contributed by atoms with E-state index in [1.54, 1.807) is 9.80 Å². The van der Waals surface area contributed by atoms with Crippen molar-refractivity contribution in [3.63, 3.8) is 0 Å². The third-order valence-electron chi connectivity index (χ3n) is 4.34. The highest BCUT2D eigenvalue weighted by Crippen LogP contribution is 2.14. The molecule has 0 aromatic carbocycles. The van der Waals surface area contributed by atoms with E-state index >= 15 is 0 Å². The number of amides is 2. The van der Waals surface area contributed by atoms with Crippen LogP contribution in [0.15, 0.2) is 0 Å². The number of nitrogens with zero attached hydrogens (tertiary/aromatic N) is 2. The molecule has 9 heteroatoms. The van der Waals surface area contributed by atoms with E-state index in [4.69, 9.17) is 9.47 Å². The van der Waals surface area contributed by atoms with Crippen LogP contribution in [0.3, 0.4) is 0 Å². The largest absolute Gasteiger partial charge is 0.444 e. The lowest BCUT2D eigenvalue weighted by molar-refractivity contribution is -0.125. The summed E-state index contributed by atoms with van der Waals surface area (Å²) in [5, 5.41) is 6.34. The summed E-state index contributed by atoms with van der Waals surface area (Å²) in [7, 11) is 0. The van der Waals surface area contributed by atoms with E-state index in [9.17, 15) is 14.4 Å². The first-order valence-electron chi connectivity index (χ1n) is 9.82. The molecule has 2 amide bonds. The molecule has 2 unspecified atom stereocenters. The molecule has 2 rings (SSSR count). The second-order valence-electron chi connectivity index (χ2n) is 9.27. The van der Waals surface area contributed by atoms with Crippen molar-refractivity contribution in [2.45, 2.75) is 64.8 Å². The molecule has 2 aliphatic rings. The van der Waals surface area contributed by atoms with Gasteiger partial charge in [0.15, 0.2) is 5.78 Å². The molecule has 0 aliphatic carbocycles. The zero-order valence-corrected chi connectivity index (χ0v) is 17.8. The highest BCUT2D eigenvalue weighted by atomic mass is 16.6. The summed E-state index contributed by atoms with van der Waals surface area (Å²) in [6.07, 6.45) is -0.836. The zero-order chi connectivity index (χ0) is 21.1. The van der Waals surface area contributed by atoms with Crippen molar-refractivity contribution >= 4 is 18.0 Å². The van der Waals surface area contributed by atoms with Crippen molar-refractivity contribution in [3.8, 4) is 0 Å². The van der Waals surface area contributed by atoms with Gasteiger partial charge in [0.25, 0.3) is 0 Å². The van der Waals surface area contributed by atoms with Crippen LogP contribution in [0.2, 0.25) is 0 Å². The smallest absolute Gasteiger partial charge is 0.410 e. The van der Waals surface area contributed by atoms with Gasteiger partial charge in [-0.25, -0.2) is 9.59 Å². The van der Waals surface area contributed by atoms with Gasteiger partial charge in [-0.3, -0.25) is 4.79 Å². The Kier molecular flexibility index (Phi) is 6.93. The van der Waals surface area contributed by atoms with Gasteiger partial charge in [-0.2, -0.15) is 0 Å². The van der Waals surface area contributed by atoms with Crippen LogP contribution >= 0.6 is 0 Å². The molecule has 2 fully saturated rings. The van der Waals surface area contributed by atoms with Crippen LogP contribution in [0.1, 0.15) is 41.5 Å². The molecule has 0 radical (unpaired) electrons. The lowest BCUT2D eigenvalue weighted by atomic mass is 10.0. The van der Waals surface area contributed by atoms with Gasteiger partial charge in [0, 0.05) is 39.3 Å². The van der Waals surface area contributed by atoms with Crippen LogP contribution in [0.4, 0.5) is 9.59 Å². The predicted octanol–water partition coefficient (Wildman–Crippen LogP) is 0.973. The molecule has 2 aliphatic heterocycles. The predicted molar refractivity (Wildman–Crippen MR) is 104 cm³/mol. The Hall–Kier alpha value is -1.87. The van der Waals surface area contributed by atoms with Gasteiger partial charge in [-0.1, -0.05) is 0 Å². The first kappa shape index (κ1) is 22.4. The summed E-state index contributed by atoms with van der Waals surface area (Å²) >= 11 is 0. The number of rotatable bonds is 2. The van der Waals surface area contributed by atoms with E-state index in [2.05, 4.69) is 10.6 Å². The molecular weight excluding hydrogens is 364 g/mol. The second kappa shape index (κ2) is 8.65. The van der Waals surface area contributed by atoms with Gasteiger partial charge in [0.05, 0.1) is 12.1 Å². The molecular formula is C19H34N4O5. The average Bonchev–Trinajstić information content (AvgIpc) is 2.58. The van der Waals surface area contributed by atoms with Crippen LogP contribution in [0, 0.1) is 0 Å². The summed E-state index contributed by atoms with van der Waals surface area (Å²) in [5.41, 5.74) is -1.17. The van der Waals surface area contributed by atoms with Crippen molar-refractivity contribution in [3.05, 3.63) is 0 Å². The maximum atomic E-state index is 13.0. The fraction of sp³-hybridized carbons (Fsp3) is 0.842. The van der Waals surface area contributed by atoms with Crippen molar-refractivity contribution in [2.75, 3.05) is 39.3 Å². The lowest BCUT2D eigenvalue weighted by Gasteiger charge is -2.38. The molecule has 28 heavy (non-hydrogen) atoms. The van der Waals surface area contributed by atoms with Crippen molar-refractivity contribution in [1.82, 2.24) is 20.4 Å². The van der Waals surface area contributed by atoms with Crippen LogP contribution in [-0.2, 0) is 14.3 Å². The number of carbonyl (C=O) groups excluding carboxylic acids is 3. The fourth-order valence-electron chi connectivity index (χ4n) is 3.11. The molecule has 160 valence electrons. The summed E-state index contributed by atoms with van der Waals surface area (Å²) in [6.45, 7) is 13.4. The monoisotopic (exact) mass is 398 g/mol. The van der Waals surface area contributed by atoms with E-state index in [-0.39, 0.29) is 18.9 Å². The number of nitrogens with one attached hydrogen (secondary N) is 2. The fourth-order valence-corrected chi connectivity index (χ4v) is 3.11. The Morgan fingerprint density at radius 2 is 1.11 bits per heavy atom. The van der Waals surface area contributed by atoms with Gasteiger partial charge < -0.3 is 29.9 Å². The molecule has 0 aromatic rings.